The number of aryl methyl sites for hydroxylation is 1. The minimum absolute atomic E-state index is 0.701. The van der Waals surface area contributed by atoms with Gasteiger partial charge in [0, 0.05) is 13.1 Å². The topological polar surface area (TPSA) is 41.6 Å². The lowest BCUT2D eigenvalue weighted by Crippen LogP contribution is -2.38. The summed E-state index contributed by atoms with van der Waals surface area (Å²) in [6.45, 7) is 5.00. The third kappa shape index (κ3) is 3.98. The zero-order valence-electron chi connectivity index (χ0n) is 11.9. The minimum atomic E-state index is 0.701. The largest absolute Gasteiger partial charge is 0.370 e. The molecule has 0 spiro atoms. The summed E-state index contributed by atoms with van der Waals surface area (Å²) in [5, 5.41) is 0. The number of aliphatic imine (C=N–C) groups is 1. The van der Waals surface area contributed by atoms with Crippen molar-refractivity contribution < 1.29 is 0 Å². The van der Waals surface area contributed by atoms with Crippen LogP contribution >= 0.6 is 0 Å². The molecular weight excluding hydrogens is 234 g/mol. The Labute approximate surface area is 116 Å². The average Bonchev–Trinajstić information content (AvgIpc) is 2.74. The number of hydrogen-bond donors (Lipinski definition) is 1. The molecule has 0 amide bonds. The summed E-state index contributed by atoms with van der Waals surface area (Å²) in [5.41, 5.74) is 8.80. The van der Waals surface area contributed by atoms with Crippen LogP contribution in [0.15, 0.2) is 29.3 Å². The van der Waals surface area contributed by atoms with Crippen molar-refractivity contribution in [2.24, 2.45) is 10.7 Å². The zero-order valence-corrected chi connectivity index (χ0v) is 11.9. The second kappa shape index (κ2) is 7.17. The summed E-state index contributed by atoms with van der Waals surface area (Å²) < 4.78 is 0. The Hall–Kier alpha value is -1.51. The van der Waals surface area contributed by atoms with Gasteiger partial charge < -0.3 is 10.6 Å². The van der Waals surface area contributed by atoms with Gasteiger partial charge in [-0.1, -0.05) is 44.0 Å². The molecule has 0 aromatic heterocycles. The second-order valence-electron chi connectivity index (χ2n) is 5.20. The molecule has 2 N–H and O–H groups in total. The highest BCUT2D eigenvalue weighted by Crippen LogP contribution is 2.12. The van der Waals surface area contributed by atoms with Crippen LogP contribution in [0.4, 0.5) is 0 Å². The van der Waals surface area contributed by atoms with Crippen LogP contribution in [0, 0.1) is 0 Å². The van der Waals surface area contributed by atoms with Crippen LogP contribution in [0.25, 0.3) is 0 Å². The predicted octanol–water partition coefficient (Wildman–Crippen LogP) is 2.94. The monoisotopic (exact) mass is 259 g/mol. The highest BCUT2D eigenvalue weighted by atomic mass is 15.2. The molecule has 3 nitrogen and oxygen atoms in total. The van der Waals surface area contributed by atoms with E-state index in [0.717, 1.165) is 19.5 Å². The number of benzene rings is 1. The Morgan fingerprint density at radius 2 is 1.74 bits per heavy atom. The van der Waals surface area contributed by atoms with Gasteiger partial charge in [0.25, 0.3) is 0 Å². The van der Waals surface area contributed by atoms with Gasteiger partial charge in [0.1, 0.15) is 0 Å². The molecule has 1 saturated heterocycles. The Kier molecular flexibility index (Phi) is 5.25. The first-order valence-corrected chi connectivity index (χ1v) is 7.43. The molecular formula is C16H25N3. The van der Waals surface area contributed by atoms with Crippen molar-refractivity contribution in [3.8, 4) is 0 Å². The lowest BCUT2D eigenvalue weighted by Gasteiger charge is -2.21. The molecule has 0 bridgehead atoms. The van der Waals surface area contributed by atoms with Crippen molar-refractivity contribution in [3.63, 3.8) is 0 Å². The van der Waals surface area contributed by atoms with E-state index in [1.54, 1.807) is 0 Å². The first kappa shape index (κ1) is 13.9. The fraction of sp³-hybridized carbons (Fsp3) is 0.562. The summed E-state index contributed by atoms with van der Waals surface area (Å²) in [6.07, 6.45) is 6.17. The smallest absolute Gasteiger partial charge is 0.191 e. The Morgan fingerprint density at radius 3 is 2.37 bits per heavy atom. The van der Waals surface area contributed by atoms with Gasteiger partial charge in [-0.15, -0.1) is 0 Å². The predicted molar refractivity (Wildman–Crippen MR) is 81.2 cm³/mol. The van der Waals surface area contributed by atoms with E-state index >= 15 is 0 Å². The van der Waals surface area contributed by atoms with E-state index in [0.29, 0.717) is 12.5 Å². The van der Waals surface area contributed by atoms with Crippen molar-refractivity contribution in [2.45, 2.75) is 45.6 Å². The van der Waals surface area contributed by atoms with E-state index in [9.17, 15) is 0 Å². The maximum absolute atomic E-state index is 6.13. The van der Waals surface area contributed by atoms with Crippen molar-refractivity contribution in [1.82, 2.24) is 4.90 Å². The van der Waals surface area contributed by atoms with Gasteiger partial charge in [0.15, 0.2) is 5.96 Å². The Morgan fingerprint density at radius 1 is 1.11 bits per heavy atom. The number of likely N-dealkylation sites (tertiary alicyclic amines) is 1. The van der Waals surface area contributed by atoms with Crippen LogP contribution in [-0.2, 0) is 13.0 Å². The third-order valence-corrected chi connectivity index (χ3v) is 3.84. The molecule has 19 heavy (non-hydrogen) atoms. The summed E-state index contributed by atoms with van der Waals surface area (Å²) in [4.78, 5) is 6.83. The van der Waals surface area contributed by atoms with Crippen LogP contribution in [-0.4, -0.2) is 23.9 Å². The fourth-order valence-electron chi connectivity index (χ4n) is 2.62. The van der Waals surface area contributed by atoms with Gasteiger partial charge in [0.2, 0.25) is 0 Å². The number of rotatable bonds is 3. The van der Waals surface area contributed by atoms with E-state index < -0.39 is 0 Å². The van der Waals surface area contributed by atoms with Crippen LogP contribution in [0.3, 0.4) is 0 Å². The maximum atomic E-state index is 6.13. The molecule has 1 heterocycles. The van der Waals surface area contributed by atoms with Gasteiger partial charge >= 0.3 is 0 Å². The number of guanidine groups is 1. The highest BCUT2D eigenvalue weighted by Gasteiger charge is 2.10. The summed E-state index contributed by atoms with van der Waals surface area (Å²) in [7, 11) is 0. The molecule has 0 aliphatic carbocycles. The minimum Gasteiger partial charge on any atom is -0.370 e. The van der Waals surface area contributed by atoms with Crippen molar-refractivity contribution in [2.75, 3.05) is 13.1 Å². The van der Waals surface area contributed by atoms with Crippen LogP contribution in [0.5, 0.6) is 0 Å². The first-order chi connectivity index (χ1) is 9.31. The van der Waals surface area contributed by atoms with Gasteiger partial charge in [-0.25, -0.2) is 4.99 Å². The fourth-order valence-corrected chi connectivity index (χ4v) is 2.62. The van der Waals surface area contributed by atoms with Gasteiger partial charge in [-0.3, -0.25) is 0 Å². The molecule has 3 heteroatoms. The highest BCUT2D eigenvalue weighted by molar-refractivity contribution is 5.78. The molecule has 1 aromatic carbocycles. The summed E-state index contributed by atoms with van der Waals surface area (Å²) in [6, 6.07) is 8.49. The SMILES string of the molecule is CCc1ccccc1CN=C(N)N1CCCCCC1. The van der Waals surface area contributed by atoms with Crippen LogP contribution in [0.2, 0.25) is 0 Å². The number of nitrogens with zero attached hydrogens (tertiary/aromatic N) is 2. The molecule has 1 aliphatic heterocycles. The van der Waals surface area contributed by atoms with E-state index in [1.807, 2.05) is 0 Å². The van der Waals surface area contributed by atoms with Crippen LogP contribution in [0.1, 0.15) is 43.7 Å². The maximum Gasteiger partial charge on any atom is 0.191 e. The van der Waals surface area contributed by atoms with E-state index in [-0.39, 0.29) is 0 Å². The molecule has 104 valence electrons. The molecule has 0 saturated carbocycles. The lowest BCUT2D eigenvalue weighted by atomic mass is 10.1. The lowest BCUT2D eigenvalue weighted by molar-refractivity contribution is 0.428. The van der Waals surface area contributed by atoms with Gasteiger partial charge in [-0.2, -0.15) is 0 Å². The first-order valence-electron chi connectivity index (χ1n) is 7.43. The Bertz CT molecular complexity index is 418. The summed E-state index contributed by atoms with van der Waals surface area (Å²) in [5.74, 6) is 0.716. The Balaban J connectivity index is 2.00. The van der Waals surface area contributed by atoms with E-state index in [4.69, 9.17) is 5.73 Å². The quantitative estimate of drug-likeness (QED) is 0.670. The molecule has 0 atom stereocenters. The molecule has 0 radical (unpaired) electrons. The van der Waals surface area contributed by atoms with Crippen LogP contribution < -0.4 is 5.73 Å². The standard InChI is InChI=1S/C16H25N3/c1-2-14-9-5-6-10-15(14)13-18-16(17)19-11-7-3-4-8-12-19/h5-6,9-10H,2-4,7-8,11-13H2,1H3,(H2,17,18). The third-order valence-electron chi connectivity index (χ3n) is 3.84. The van der Waals surface area contributed by atoms with Gasteiger partial charge in [0.05, 0.1) is 6.54 Å². The van der Waals surface area contributed by atoms with Crippen molar-refractivity contribution in [3.05, 3.63) is 35.4 Å². The summed E-state index contributed by atoms with van der Waals surface area (Å²) >= 11 is 0. The van der Waals surface area contributed by atoms with E-state index in [2.05, 4.69) is 41.1 Å². The van der Waals surface area contributed by atoms with Crippen molar-refractivity contribution >= 4 is 5.96 Å². The number of nitrogens with two attached hydrogens (primary N) is 1. The molecule has 2 rings (SSSR count). The molecule has 1 aliphatic rings. The molecule has 0 unspecified atom stereocenters. The zero-order chi connectivity index (χ0) is 13.5. The van der Waals surface area contributed by atoms with E-state index in [1.165, 1.54) is 36.8 Å². The molecule has 1 fully saturated rings. The van der Waals surface area contributed by atoms with Crippen molar-refractivity contribution in [1.29, 1.82) is 0 Å². The van der Waals surface area contributed by atoms with Gasteiger partial charge in [-0.05, 0) is 30.4 Å². The average molecular weight is 259 g/mol. The molecule has 1 aromatic rings. The number of hydrogen-bond acceptors (Lipinski definition) is 1. The normalized spacial score (nSPS) is 17.3. The second-order valence-corrected chi connectivity index (χ2v) is 5.20.